The van der Waals surface area contributed by atoms with E-state index in [1.807, 2.05) is 39.8 Å². The fourth-order valence-electron chi connectivity index (χ4n) is 2.08. The molecule has 0 aliphatic rings. The van der Waals surface area contributed by atoms with Gasteiger partial charge in [-0.3, -0.25) is 4.79 Å². The highest BCUT2D eigenvalue weighted by atomic mass is 35.5. The second-order valence-corrected chi connectivity index (χ2v) is 6.42. The summed E-state index contributed by atoms with van der Waals surface area (Å²) in [5.74, 6) is 0. The summed E-state index contributed by atoms with van der Waals surface area (Å²) >= 11 is 6.29. The first-order valence-corrected chi connectivity index (χ1v) is 6.98. The monoisotopic (exact) mass is 290 g/mol. The molecule has 0 aliphatic carbocycles. The molecule has 0 saturated carbocycles. The van der Waals surface area contributed by atoms with Gasteiger partial charge in [-0.1, -0.05) is 62.2 Å². The fourth-order valence-corrected chi connectivity index (χ4v) is 2.32. The maximum Gasteiger partial charge on any atom is 0.155 e. The third-order valence-electron chi connectivity index (χ3n) is 3.21. The van der Waals surface area contributed by atoms with Gasteiger partial charge in [-0.05, 0) is 12.5 Å². The van der Waals surface area contributed by atoms with E-state index in [-0.39, 0.29) is 5.41 Å². The second kappa shape index (κ2) is 5.41. The first kappa shape index (κ1) is 14.8. The lowest BCUT2D eigenvalue weighted by Crippen LogP contribution is -2.15. The van der Waals surface area contributed by atoms with Gasteiger partial charge in [-0.25, -0.2) is 4.68 Å². The van der Waals surface area contributed by atoms with Gasteiger partial charge in [0.1, 0.15) is 5.15 Å². The zero-order valence-corrected chi connectivity index (χ0v) is 13.0. The van der Waals surface area contributed by atoms with Crippen molar-refractivity contribution in [2.24, 2.45) is 0 Å². The minimum atomic E-state index is -0.210. The zero-order valence-electron chi connectivity index (χ0n) is 12.3. The molecule has 0 bridgehead atoms. The summed E-state index contributed by atoms with van der Waals surface area (Å²) in [6.45, 7) is 8.68. The maximum atomic E-state index is 11.3. The minimum Gasteiger partial charge on any atom is -0.298 e. The molecule has 0 saturated heterocycles. The van der Waals surface area contributed by atoms with Crippen LogP contribution >= 0.6 is 11.6 Å². The van der Waals surface area contributed by atoms with Crippen molar-refractivity contribution < 1.29 is 4.79 Å². The Balaban J connectivity index is 2.40. The van der Waals surface area contributed by atoms with Gasteiger partial charge in [0.2, 0.25) is 0 Å². The molecule has 0 fully saturated rings. The predicted molar refractivity (Wildman–Crippen MR) is 81.6 cm³/mol. The summed E-state index contributed by atoms with van der Waals surface area (Å²) in [5.41, 5.74) is 3.34. The highest BCUT2D eigenvalue weighted by Gasteiger charge is 2.25. The van der Waals surface area contributed by atoms with Crippen molar-refractivity contribution in [3.8, 4) is 0 Å². The standard InChI is InChI=1S/C16H19ClN2O/c1-11-5-7-12(8-6-11)9-19-15(17)13(10-20)14(18-19)16(2,3)4/h5-8,10H,9H2,1-4H3. The molecule has 0 aliphatic heterocycles. The fraction of sp³-hybridized carbons (Fsp3) is 0.375. The van der Waals surface area contributed by atoms with E-state index in [2.05, 4.69) is 17.2 Å². The summed E-state index contributed by atoms with van der Waals surface area (Å²) in [5, 5.41) is 4.93. The Kier molecular flexibility index (Phi) is 4.00. The second-order valence-electron chi connectivity index (χ2n) is 6.06. The molecule has 0 atom stereocenters. The van der Waals surface area contributed by atoms with Crippen molar-refractivity contribution in [3.63, 3.8) is 0 Å². The van der Waals surface area contributed by atoms with E-state index >= 15 is 0 Å². The van der Waals surface area contributed by atoms with Gasteiger partial charge in [0.05, 0.1) is 17.8 Å². The summed E-state index contributed by atoms with van der Waals surface area (Å²) in [6, 6.07) is 8.20. The summed E-state index contributed by atoms with van der Waals surface area (Å²) in [6.07, 6.45) is 0.793. The first-order valence-electron chi connectivity index (χ1n) is 6.60. The van der Waals surface area contributed by atoms with Gasteiger partial charge in [0.15, 0.2) is 6.29 Å². The molecule has 1 heterocycles. The number of hydrogen-bond donors (Lipinski definition) is 0. The molecule has 0 amide bonds. The summed E-state index contributed by atoms with van der Waals surface area (Å²) in [4.78, 5) is 11.3. The van der Waals surface area contributed by atoms with E-state index in [1.54, 1.807) is 4.68 Å². The molecule has 106 valence electrons. The van der Waals surface area contributed by atoms with Crippen LogP contribution in [0.4, 0.5) is 0 Å². The van der Waals surface area contributed by atoms with Gasteiger partial charge in [-0.15, -0.1) is 0 Å². The smallest absolute Gasteiger partial charge is 0.155 e. The molecule has 0 N–H and O–H groups in total. The molecule has 2 rings (SSSR count). The van der Waals surface area contributed by atoms with Crippen LogP contribution in [0.3, 0.4) is 0 Å². The number of nitrogens with zero attached hydrogens (tertiary/aromatic N) is 2. The molecular formula is C16H19ClN2O. The van der Waals surface area contributed by atoms with E-state index in [0.717, 1.165) is 17.5 Å². The number of aryl methyl sites for hydroxylation is 1. The Morgan fingerprint density at radius 3 is 2.30 bits per heavy atom. The third kappa shape index (κ3) is 2.93. The lowest BCUT2D eigenvalue weighted by Gasteiger charge is -2.15. The molecule has 1 aromatic heterocycles. The van der Waals surface area contributed by atoms with Crippen molar-refractivity contribution >= 4 is 17.9 Å². The molecule has 3 nitrogen and oxygen atoms in total. The average Bonchev–Trinajstić information content (AvgIpc) is 2.69. The molecule has 0 radical (unpaired) electrons. The highest BCUT2D eigenvalue weighted by molar-refractivity contribution is 6.32. The molecule has 0 unspecified atom stereocenters. The first-order chi connectivity index (χ1) is 9.32. The number of carbonyl (C=O) groups is 1. The van der Waals surface area contributed by atoms with Crippen LogP contribution < -0.4 is 0 Å². The number of halogens is 1. The Bertz CT molecular complexity index is 621. The maximum absolute atomic E-state index is 11.3. The molecule has 1 aromatic carbocycles. The van der Waals surface area contributed by atoms with E-state index in [9.17, 15) is 4.79 Å². The number of rotatable bonds is 3. The van der Waals surface area contributed by atoms with E-state index in [4.69, 9.17) is 11.6 Å². The normalized spacial score (nSPS) is 11.7. The van der Waals surface area contributed by atoms with Crippen LogP contribution in [-0.4, -0.2) is 16.1 Å². The van der Waals surface area contributed by atoms with Crippen molar-refractivity contribution in [1.29, 1.82) is 0 Å². The Morgan fingerprint density at radius 2 is 1.85 bits per heavy atom. The Morgan fingerprint density at radius 1 is 1.25 bits per heavy atom. The number of aromatic nitrogens is 2. The third-order valence-corrected chi connectivity index (χ3v) is 3.60. The Labute approximate surface area is 124 Å². The van der Waals surface area contributed by atoms with Gasteiger partial charge < -0.3 is 0 Å². The minimum absolute atomic E-state index is 0.210. The molecule has 0 spiro atoms. The van der Waals surface area contributed by atoms with Crippen molar-refractivity contribution in [1.82, 2.24) is 9.78 Å². The van der Waals surface area contributed by atoms with Crippen LogP contribution in [-0.2, 0) is 12.0 Å². The van der Waals surface area contributed by atoms with Crippen LogP contribution in [0.5, 0.6) is 0 Å². The summed E-state index contributed by atoms with van der Waals surface area (Å²) < 4.78 is 1.69. The number of carbonyl (C=O) groups excluding carboxylic acids is 1. The van der Waals surface area contributed by atoms with Crippen LogP contribution in [0, 0.1) is 6.92 Å². The van der Waals surface area contributed by atoms with E-state index in [0.29, 0.717) is 17.3 Å². The van der Waals surface area contributed by atoms with Crippen LogP contribution in [0.25, 0.3) is 0 Å². The van der Waals surface area contributed by atoms with Crippen LogP contribution in [0.1, 0.15) is 48.0 Å². The zero-order chi connectivity index (χ0) is 14.9. The quantitative estimate of drug-likeness (QED) is 0.801. The lowest BCUT2D eigenvalue weighted by atomic mass is 9.90. The van der Waals surface area contributed by atoms with Gasteiger partial charge >= 0.3 is 0 Å². The molecular weight excluding hydrogens is 272 g/mol. The summed E-state index contributed by atoms with van der Waals surface area (Å²) in [7, 11) is 0. The van der Waals surface area contributed by atoms with Crippen LogP contribution in [0.15, 0.2) is 24.3 Å². The lowest BCUT2D eigenvalue weighted by molar-refractivity contribution is 0.112. The van der Waals surface area contributed by atoms with Crippen LogP contribution in [0.2, 0.25) is 5.15 Å². The van der Waals surface area contributed by atoms with Crippen molar-refractivity contribution in [2.75, 3.05) is 0 Å². The Hall–Kier alpha value is -1.61. The number of aldehydes is 1. The largest absolute Gasteiger partial charge is 0.298 e. The predicted octanol–water partition coefficient (Wildman–Crippen LogP) is 4.00. The van der Waals surface area contributed by atoms with Gasteiger partial charge in [-0.2, -0.15) is 5.10 Å². The number of benzene rings is 1. The van der Waals surface area contributed by atoms with Gasteiger partial charge in [0.25, 0.3) is 0 Å². The van der Waals surface area contributed by atoms with E-state index < -0.39 is 0 Å². The topological polar surface area (TPSA) is 34.9 Å². The molecule has 20 heavy (non-hydrogen) atoms. The van der Waals surface area contributed by atoms with Crippen molar-refractivity contribution in [2.45, 2.75) is 39.7 Å². The highest BCUT2D eigenvalue weighted by Crippen LogP contribution is 2.29. The van der Waals surface area contributed by atoms with Gasteiger partial charge in [0, 0.05) is 5.41 Å². The van der Waals surface area contributed by atoms with Crippen molar-refractivity contribution in [3.05, 3.63) is 51.8 Å². The van der Waals surface area contributed by atoms with E-state index in [1.165, 1.54) is 5.56 Å². The SMILES string of the molecule is Cc1ccc(Cn2nc(C(C)(C)C)c(C=O)c2Cl)cc1. The molecule has 4 heteroatoms. The molecule has 2 aromatic rings. The average molecular weight is 291 g/mol. The number of hydrogen-bond acceptors (Lipinski definition) is 2.